The van der Waals surface area contributed by atoms with Gasteiger partial charge in [-0.25, -0.2) is 18.0 Å². The van der Waals surface area contributed by atoms with Gasteiger partial charge < -0.3 is 15.6 Å². The number of carboxylic acid groups (broad SMARTS) is 1. The van der Waals surface area contributed by atoms with Crippen LogP contribution in [0.15, 0.2) is 29.2 Å². The highest BCUT2D eigenvalue weighted by Crippen LogP contribution is 2.25. The van der Waals surface area contributed by atoms with E-state index in [1.165, 1.54) is 17.0 Å². The van der Waals surface area contributed by atoms with Crippen molar-refractivity contribution in [3.05, 3.63) is 29.8 Å². The van der Waals surface area contributed by atoms with Crippen LogP contribution in [0.1, 0.15) is 32.8 Å². The molecule has 1 aromatic carbocycles. The van der Waals surface area contributed by atoms with Gasteiger partial charge >= 0.3 is 12.1 Å². The molecular formula is C19H30N4O6S. The molecule has 11 heteroatoms. The highest BCUT2D eigenvalue weighted by molar-refractivity contribution is 7.89. The SMILES string of the molecule is Cc1ccc(S(=O)(=O)NC(N)NC[C@@H]2C[C@@H](C(=O)O)N(C(=O)OC(C)(C)C)C2)cc1. The van der Waals surface area contributed by atoms with Gasteiger partial charge in [0.2, 0.25) is 10.0 Å². The van der Waals surface area contributed by atoms with Crippen LogP contribution in [0.25, 0.3) is 0 Å². The highest BCUT2D eigenvalue weighted by atomic mass is 32.2. The second kappa shape index (κ2) is 9.29. The highest BCUT2D eigenvalue weighted by Gasteiger charge is 2.41. The summed E-state index contributed by atoms with van der Waals surface area (Å²) in [5.74, 6) is -1.35. The van der Waals surface area contributed by atoms with E-state index in [-0.39, 0.29) is 30.3 Å². The number of amides is 1. The molecule has 168 valence electrons. The van der Waals surface area contributed by atoms with E-state index in [0.717, 1.165) is 5.56 Å². The van der Waals surface area contributed by atoms with Gasteiger partial charge in [-0.1, -0.05) is 17.7 Å². The van der Waals surface area contributed by atoms with Gasteiger partial charge in [0.1, 0.15) is 17.9 Å². The number of carbonyl (C=O) groups is 2. The van der Waals surface area contributed by atoms with Crippen LogP contribution in [-0.2, 0) is 19.6 Å². The van der Waals surface area contributed by atoms with Crippen LogP contribution < -0.4 is 15.8 Å². The lowest BCUT2D eigenvalue weighted by molar-refractivity contribution is -0.142. The van der Waals surface area contributed by atoms with Crippen LogP contribution in [0, 0.1) is 12.8 Å². The molecule has 30 heavy (non-hydrogen) atoms. The van der Waals surface area contributed by atoms with E-state index in [1.807, 2.05) is 6.92 Å². The topological polar surface area (TPSA) is 151 Å². The number of carbonyl (C=O) groups excluding carboxylic acids is 1. The van der Waals surface area contributed by atoms with Crippen molar-refractivity contribution in [2.24, 2.45) is 11.7 Å². The molecule has 1 heterocycles. The second-order valence-electron chi connectivity index (χ2n) is 8.41. The number of ether oxygens (including phenoxy) is 1. The van der Waals surface area contributed by atoms with Gasteiger partial charge in [0.25, 0.3) is 0 Å². The number of nitrogens with one attached hydrogen (secondary N) is 2. The summed E-state index contributed by atoms with van der Waals surface area (Å²) in [6, 6.07) is 5.33. The second-order valence-corrected chi connectivity index (χ2v) is 10.1. The number of aliphatic carboxylic acids is 1. The number of rotatable bonds is 7. The molecule has 1 saturated heterocycles. The average Bonchev–Trinajstić information content (AvgIpc) is 3.03. The lowest BCUT2D eigenvalue weighted by Gasteiger charge is -2.26. The Kier molecular flexibility index (Phi) is 7.45. The molecule has 0 saturated carbocycles. The number of hydrogen-bond acceptors (Lipinski definition) is 7. The minimum absolute atomic E-state index is 0.0910. The van der Waals surface area contributed by atoms with Crippen molar-refractivity contribution in [3.63, 3.8) is 0 Å². The fourth-order valence-corrected chi connectivity index (χ4v) is 4.16. The monoisotopic (exact) mass is 442 g/mol. The smallest absolute Gasteiger partial charge is 0.411 e. The number of sulfonamides is 1. The Morgan fingerprint density at radius 1 is 1.30 bits per heavy atom. The molecule has 0 bridgehead atoms. The third-order valence-electron chi connectivity index (χ3n) is 4.54. The predicted molar refractivity (Wildman–Crippen MR) is 110 cm³/mol. The molecule has 0 aromatic heterocycles. The largest absolute Gasteiger partial charge is 0.480 e. The Hall–Kier alpha value is -2.21. The normalized spacial score (nSPS) is 20.8. The summed E-state index contributed by atoms with van der Waals surface area (Å²) >= 11 is 0. The van der Waals surface area contributed by atoms with E-state index in [1.54, 1.807) is 32.9 Å². The molecule has 1 fully saturated rings. The predicted octanol–water partition coefficient (Wildman–Crippen LogP) is 0.815. The van der Waals surface area contributed by atoms with Crippen LogP contribution in [0.3, 0.4) is 0 Å². The van der Waals surface area contributed by atoms with Crippen molar-refractivity contribution in [1.29, 1.82) is 0 Å². The maximum Gasteiger partial charge on any atom is 0.411 e. The molecule has 1 amide bonds. The van der Waals surface area contributed by atoms with Gasteiger partial charge in [-0.2, -0.15) is 4.72 Å². The summed E-state index contributed by atoms with van der Waals surface area (Å²) in [6.07, 6.45) is -1.56. The Morgan fingerprint density at radius 3 is 2.43 bits per heavy atom. The fourth-order valence-electron chi connectivity index (χ4n) is 3.12. The van der Waals surface area contributed by atoms with Crippen molar-refractivity contribution in [1.82, 2.24) is 14.9 Å². The first-order valence-electron chi connectivity index (χ1n) is 9.59. The Labute approximate surface area is 176 Å². The quantitative estimate of drug-likeness (QED) is 0.453. The Balaban J connectivity index is 1.94. The molecule has 0 radical (unpaired) electrons. The summed E-state index contributed by atoms with van der Waals surface area (Å²) < 4.78 is 32.4. The summed E-state index contributed by atoms with van der Waals surface area (Å²) in [7, 11) is -3.81. The molecule has 1 aliphatic heterocycles. The number of likely N-dealkylation sites (tertiary alicyclic amines) is 1. The van der Waals surface area contributed by atoms with Crippen LogP contribution in [0.2, 0.25) is 0 Å². The van der Waals surface area contributed by atoms with Crippen molar-refractivity contribution >= 4 is 22.1 Å². The lowest BCUT2D eigenvalue weighted by atomic mass is 10.1. The first-order chi connectivity index (χ1) is 13.8. The third-order valence-corrected chi connectivity index (χ3v) is 6.00. The van der Waals surface area contributed by atoms with Crippen LogP contribution in [0.4, 0.5) is 4.79 Å². The molecule has 2 rings (SSSR count). The molecule has 5 N–H and O–H groups in total. The molecule has 0 aliphatic carbocycles. The molecule has 10 nitrogen and oxygen atoms in total. The Morgan fingerprint density at radius 2 is 1.90 bits per heavy atom. The van der Waals surface area contributed by atoms with Crippen LogP contribution in [-0.4, -0.2) is 61.5 Å². The molecule has 0 spiro atoms. The maximum atomic E-state index is 12.4. The number of benzene rings is 1. The van der Waals surface area contributed by atoms with Gasteiger partial charge in [-0.05, 0) is 52.2 Å². The maximum absolute atomic E-state index is 12.4. The summed E-state index contributed by atoms with van der Waals surface area (Å²) in [6.45, 7) is 7.35. The molecule has 3 atom stereocenters. The van der Waals surface area contributed by atoms with Crippen molar-refractivity contribution in [2.45, 2.75) is 56.9 Å². The average molecular weight is 443 g/mol. The standard InChI is InChI=1S/C19H30N4O6S/c1-12-5-7-14(8-6-12)30(27,28)22-17(20)21-10-13-9-15(16(24)25)23(11-13)18(26)29-19(2,3)4/h5-8,13,15,17,21-22H,9-11,20H2,1-4H3,(H,24,25)/t13-,15-,17?/m0/s1. The van der Waals surface area contributed by atoms with E-state index in [4.69, 9.17) is 10.5 Å². The molecule has 1 aliphatic rings. The van der Waals surface area contributed by atoms with Crippen molar-refractivity contribution in [2.75, 3.05) is 13.1 Å². The van der Waals surface area contributed by atoms with Gasteiger partial charge in [0, 0.05) is 13.1 Å². The number of nitrogens with zero attached hydrogens (tertiary/aromatic N) is 1. The minimum Gasteiger partial charge on any atom is -0.480 e. The van der Waals surface area contributed by atoms with E-state index < -0.39 is 40.0 Å². The van der Waals surface area contributed by atoms with E-state index in [2.05, 4.69) is 10.0 Å². The number of carboxylic acids is 1. The van der Waals surface area contributed by atoms with Crippen LogP contribution in [0.5, 0.6) is 0 Å². The molecule has 1 aromatic rings. The van der Waals surface area contributed by atoms with E-state index in [0.29, 0.717) is 0 Å². The zero-order chi connectivity index (χ0) is 22.7. The number of aryl methyl sites for hydroxylation is 1. The number of nitrogens with two attached hydrogens (primary N) is 1. The van der Waals surface area contributed by atoms with Crippen molar-refractivity contribution in [3.8, 4) is 0 Å². The molecular weight excluding hydrogens is 412 g/mol. The summed E-state index contributed by atoms with van der Waals surface area (Å²) in [5.41, 5.74) is 6.04. The van der Waals surface area contributed by atoms with Gasteiger partial charge in [0.15, 0.2) is 0 Å². The van der Waals surface area contributed by atoms with Crippen LogP contribution >= 0.6 is 0 Å². The number of hydrogen-bond donors (Lipinski definition) is 4. The first-order valence-corrected chi connectivity index (χ1v) is 11.1. The first kappa shape index (κ1) is 24.1. The fraction of sp³-hybridized carbons (Fsp3) is 0.579. The van der Waals surface area contributed by atoms with Crippen molar-refractivity contribution < 1.29 is 27.9 Å². The van der Waals surface area contributed by atoms with Gasteiger partial charge in [-0.15, -0.1) is 0 Å². The zero-order valence-corrected chi connectivity index (χ0v) is 18.4. The third kappa shape index (κ3) is 6.66. The van der Waals surface area contributed by atoms with Gasteiger partial charge in [-0.3, -0.25) is 10.2 Å². The summed E-state index contributed by atoms with van der Waals surface area (Å²) in [5, 5.41) is 12.3. The zero-order valence-electron chi connectivity index (χ0n) is 17.6. The van der Waals surface area contributed by atoms with Gasteiger partial charge in [0.05, 0.1) is 4.90 Å². The lowest BCUT2D eigenvalue weighted by Crippen LogP contribution is -2.52. The summed E-state index contributed by atoms with van der Waals surface area (Å²) in [4.78, 5) is 25.2. The van der Waals surface area contributed by atoms with E-state index in [9.17, 15) is 23.1 Å². The van der Waals surface area contributed by atoms with E-state index >= 15 is 0 Å². The molecule has 1 unspecified atom stereocenters. The minimum atomic E-state index is -3.81. The Bertz CT molecular complexity index is 866.